The number of hydrogen-bond donors (Lipinski definition) is 1. The van der Waals surface area contributed by atoms with Gasteiger partial charge in [-0.15, -0.1) is 11.3 Å². The molecule has 1 aromatic carbocycles. The largest absolute Gasteiger partial charge is 0.325 e. The fourth-order valence-electron chi connectivity index (χ4n) is 2.35. The lowest BCUT2D eigenvalue weighted by Crippen LogP contribution is -2.24. The van der Waals surface area contributed by atoms with Crippen molar-refractivity contribution in [2.45, 2.75) is 43.6 Å². The summed E-state index contributed by atoms with van der Waals surface area (Å²) < 4.78 is 1.33. The summed E-state index contributed by atoms with van der Waals surface area (Å²) in [6.45, 7) is 0. The molecule has 17 heavy (non-hydrogen) atoms. The second-order valence-corrected chi connectivity index (χ2v) is 6.73. The highest BCUT2D eigenvalue weighted by Crippen LogP contribution is 2.43. The van der Waals surface area contributed by atoms with Crippen LogP contribution in [0.25, 0.3) is 10.2 Å². The molecule has 2 nitrogen and oxygen atoms in total. The molecule has 0 aliphatic heterocycles. The number of hydrogen-bond acceptors (Lipinski definition) is 3. The van der Waals surface area contributed by atoms with Gasteiger partial charge in [0.15, 0.2) is 0 Å². The fraction of sp³-hybridized carbons (Fsp3) is 0.500. The van der Waals surface area contributed by atoms with Crippen molar-refractivity contribution < 1.29 is 0 Å². The van der Waals surface area contributed by atoms with Gasteiger partial charge in [-0.25, -0.2) is 4.98 Å². The van der Waals surface area contributed by atoms with Crippen molar-refractivity contribution in [1.29, 1.82) is 0 Å². The molecule has 2 saturated carbocycles. The molecule has 0 bridgehead atoms. The SMILES string of the molecule is NC1(Cc2ccc3sc(C4CC4)nc3c2)CC1. The van der Waals surface area contributed by atoms with E-state index in [-0.39, 0.29) is 5.54 Å². The first-order valence-electron chi connectivity index (χ1n) is 6.40. The Hall–Kier alpha value is -0.930. The van der Waals surface area contributed by atoms with Crippen LogP contribution in [0.5, 0.6) is 0 Å². The van der Waals surface area contributed by atoms with Crippen LogP contribution in [0.15, 0.2) is 18.2 Å². The first-order chi connectivity index (χ1) is 8.22. The molecule has 88 valence electrons. The molecule has 4 rings (SSSR count). The molecule has 3 heteroatoms. The quantitative estimate of drug-likeness (QED) is 0.900. The zero-order valence-electron chi connectivity index (χ0n) is 9.78. The molecule has 2 fully saturated rings. The van der Waals surface area contributed by atoms with Gasteiger partial charge in [0.1, 0.15) is 0 Å². The lowest BCUT2D eigenvalue weighted by atomic mass is 10.1. The van der Waals surface area contributed by atoms with Crippen molar-refractivity contribution >= 4 is 21.6 Å². The van der Waals surface area contributed by atoms with Gasteiger partial charge >= 0.3 is 0 Å². The molecule has 2 aromatic rings. The van der Waals surface area contributed by atoms with Crippen molar-refractivity contribution in [2.75, 3.05) is 0 Å². The van der Waals surface area contributed by atoms with Crippen LogP contribution in [0.1, 0.15) is 42.2 Å². The lowest BCUT2D eigenvalue weighted by Gasteiger charge is -2.07. The second kappa shape index (κ2) is 3.30. The summed E-state index contributed by atoms with van der Waals surface area (Å²) in [4.78, 5) is 4.76. The Morgan fingerprint density at radius 2 is 2.18 bits per heavy atom. The van der Waals surface area contributed by atoms with Crippen molar-refractivity contribution in [3.8, 4) is 0 Å². The summed E-state index contributed by atoms with van der Waals surface area (Å²) in [6.07, 6.45) is 6.03. The molecule has 0 spiro atoms. The normalized spacial score (nSPS) is 21.9. The van der Waals surface area contributed by atoms with E-state index in [4.69, 9.17) is 10.7 Å². The molecule has 0 atom stereocenters. The summed E-state index contributed by atoms with van der Waals surface area (Å²) in [6, 6.07) is 6.69. The molecule has 0 radical (unpaired) electrons. The summed E-state index contributed by atoms with van der Waals surface area (Å²) in [5.74, 6) is 0.764. The number of nitrogens with zero attached hydrogens (tertiary/aromatic N) is 1. The standard InChI is InChI=1S/C14H16N2S/c15-14(5-6-14)8-9-1-4-12-11(7-9)16-13(17-12)10-2-3-10/h1,4,7,10H,2-3,5-6,8,15H2. The van der Waals surface area contributed by atoms with E-state index in [1.165, 1.54) is 46.5 Å². The molecule has 2 N–H and O–H groups in total. The van der Waals surface area contributed by atoms with Crippen molar-refractivity contribution in [2.24, 2.45) is 5.73 Å². The second-order valence-electron chi connectivity index (χ2n) is 5.67. The lowest BCUT2D eigenvalue weighted by molar-refractivity contribution is 0.672. The minimum Gasteiger partial charge on any atom is -0.325 e. The van der Waals surface area contributed by atoms with Gasteiger partial charge in [0.2, 0.25) is 0 Å². The van der Waals surface area contributed by atoms with Crippen molar-refractivity contribution in [1.82, 2.24) is 4.98 Å². The maximum absolute atomic E-state index is 6.17. The average Bonchev–Trinajstić information content (AvgIpc) is 3.21. The van der Waals surface area contributed by atoms with Crippen LogP contribution in [0.4, 0.5) is 0 Å². The first kappa shape index (κ1) is 10.0. The van der Waals surface area contributed by atoms with E-state index in [2.05, 4.69) is 18.2 Å². The Morgan fingerprint density at radius 3 is 2.88 bits per heavy atom. The topological polar surface area (TPSA) is 38.9 Å². The Labute approximate surface area is 105 Å². The van der Waals surface area contributed by atoms with Gasteiger partial charge in [-0.2, -0.15) is 0 Å². The maximum Gasteiger partial charge on any atom is 0.0969 e. The number of rotatable bonds is 3. The monoisotopic (exact) mass is 244 g/mol. The number of aromatic nitrogens is 1. The van der Waals surface area contributed by atoms with Gasteiger partial charge in [0.05, 0.1) is 15.2 Å². The van der Waals surface area contributed by atoms with Crippen molar-refractivity contribution in [3.63, 3.8) is 0 Å². The predicted molar refractivity (Wildman–Crippen MR) is 71.5 cm³/mol. The zero-order valence-corrected chi connectivity index (χ0v) is 10.6. The van der Waals surface area contributed by atoms with E-state index in [9.17, 15) is 0 Å². The van der Waals surface area contributed by atoms with Gasteiger partial charge in [0.25, 0.3) is 0 Å². The Kier molecular flexibility index (Phi) is 1.95. The highest BCUT2D eigenvalue weighted by molar-refractivity contribution is 7.18. The number of thiazole rings is 1. The molecule has 0 saturated heterocycles. The molecule has 0 amide bonds. The molecule has 2 aliphatic rings. The molecule has 2 aliphatic carbocycles. The van der Waals surface area contributed by atoms with Crippen LogP contribution in [0, 0.1) is 0 Å². The van der Waals surface area contributed by atoms with Gasteiger partial charge < -0.3 is 5.73 Å². The average molecular weight is 244 g/mol. The number of fused-ring (bicyclic) bond motifs is 1. The molecular weight excluding hydrogens is 228 g/mol. The summed E-state index contributed by atoms with van der Waals surface area (Å²) in [5, 5.41) is 1.34. The van der Waals surface area contributed by atoms with Crippen LogP contribution in [-0.2, 0) is 6.42 Å². The van der Waals surface area contributed by atoms with Crippen LogP contribution < -0.4 is 5.73 Å². The van der Waals surface area contributed by atoms with Gasteiger partial charge in [0, 0.05) is 11.5 Å². The van der Waals surface area contributed by atoms with Gasteiger partial charge in [-0.05, 0) is 49.8 Å². The van der Waals surface area contributed by atoms with Crippen LogP contribution in [0.2, 0.25) is 0 Å². The number of benzene rings is 1. The first-order valence-corrected chi connectivity index (χ1v) is 7.22. The minimum atomic E-state index is 0.100. The third-order valence-corrected chi connectivity index (χ3v) is 5.04. The van der Waals surface area contributed by atoms with E-state index < -0.39 is 0 Å². The zero-order chi connectivity index (χ0) is 11.5. The van der Waals surface area contributed by atoms with E-state index >= 15 is 0 Å². The molecular formula is C14H16N2S. The summed E-state index contributed by atoms with van der Waals surface area (Å²) >= 11 is 1.87. The van der Waals surface area contributed by atoms with Crippen molar-refractivity contribution in [3.05, 3.63) is 28.8 Å². The van der Waals surface area contributed by atoms with E-state index in [0.717, 1.165) is 12.3 Å². The Morgan fingerprint density at radius 1 is 1.35 bits per heavy atom. The predicted octanol–water partition coefficient (Wildman–Crippen LogP) is 3.21. The van der Waals surface area contributed by atoms with E-state index in [0.29, 0.717) is 0 Å². The van der Waals surface area contributed by atoms with Crippen LogP contribution >= 0.6 is 11.3 Å². The number of nitrogens with two attached hydrogens (primary N) is 1. The van der Waals surface area contributed by atoms with Crippen LogP contribution in [-0.4, -0.2) is 10.5 Å². The summed E-state index contributed by atoms with van der Waals surface area (Å²) in [7, 11) is 0. The minimum absolute atomic E-state index is 0.100. The molecule has 1 heterocycles. The van der Waals surface area contributed by atoms with E-state index in [1.807, 2.05) is 11.3 Å². The van der Waals surface area contributed by atoms with Crippen LogP contribution in [0.3, 0.4) is 0 Å². The van der Waals surface area contributed by atoms with Gasteiger partial charge in [-0.3, -0.25) is 0 Å². The third-order valence-electron chi connectivity index (χ3n) is 3.84. The molecule has 1 aromatic heterocycles. The highest BCUT2D eigenvalue weighted by Gasteiger charge is 2.38. The third kappa shape index (κ3) is 1.87. The molecule has 0 unspecified atom stereocenters. The Balaban J connectivity index is 1.70. The fourth-order valence-corrected chi connectivity index (χ4v) is 3.47. The van der Waals surface area contributed by atoms with E-state index in [1.54, 1.807) is 0 Å². The summed E-state index contributed by atoms with van der Waals surface area (Å²) in [5.41, 5.74) is 8.80. The maximum atomic E-state index is 6.17. The smallest absolute Gasteiger partial charge is 0.0969 e. The Bertz CT molecular complexity index is 579. The van der Waals surface area contributed by atoms with Gasteiger partial charge in [-0.1, -0.05) is 6.07 Å². The highest BCUT2D eigenvalue weighted by atomic mass is 32.1.